The summed E-state index contributed by atoms with van der Waals surface area (Å²) in [6.45, 7) is 2.96. The monoisotopic (exact) mass is 417 g/mol. The highest BCUT2D eigenvalue weighted by molar-refractivity contribution is 5.91. The van der Waals surface area contributed by atoms with Gasteiger partial charge in [0.25, 0.3) is 0 Å². The highest BCUT2D eigenvalue weighted by atomic mass is 16.7. The number of ether oxygens (including phenoxy) is 2. The molecule has 2 N–H and O–H groups in total. The van der Waals surface area contributed by atoms with E-state index in [0.717, 1.165) is 54.6 Å². The SMILES string of the molecule is c1cc(CNCCCNc2ccnc3cc(CC4CCCC4)ccc23)c2c(c1)OCO2. The molecular weight excluding hydrogens is 386 g/mol. The van der Waals surface area contributed by atoms with Crippen LogP contribution in [0.5, 0.6) is 11.5 Å². The summed E-state index contributed by atoms with van der Waals surface area (Å²) in [6.07, 6.45) is 9.71. The van der Waals surface area contributed by atoms with Crippen LogP contribution >= 0.6 is 0 Å². The normalized spacial score (nSPS) is 15.6. The van der Waals surface area contributed by atoms with Crippen molar-refractivity contribution in [2.24, 2.45) is 5.92 Å². The van der Waals surface area contributed by atoms with Crippen molar-refractivity contribution in [3.63, 3.8) is 0 Å². The van der Waals surface area contributed by atoms with Crippen LogP contribution in [0.1, 0.15) is 43.2 Å². The molecule has 162 valence electrons. The molecule has 5 nitrogen and oxygen atoms in total. The summed E-state index contributed by atoms with van der Waals surface area (Å²) in [4.78, 5) is 4.62. The molecule has 31 heavy (non-hydrogen) atoms. The Labute approximate surface area is 184 Å². The quantitative estimate of drug-likeness (QED) is 0.464. The molecule has 0 atom stereocenters. The van der Waals surface area contributed by atoms with Gasteiger partial charge in [0.1, 0.15) is 0 Å². The Morgan fingerprint density at radius 1 is 1.00 bits per heavy atom. The molecule has 0 amide bonds. The van der Waals surface area contributed by atoms with Crippen LogP contribution < -0.4 is 20.1 Å². The third-order valence-corrected chi connectivity index (χ3v) is 6.45. The van der Waals surface area contributed by atoms with E-state index < -0.39 is 0 Å². The van der Waals surface area contributed by atoms with Gasteiger partial charge in [-0.3, -0.25) is 4.98 Å². The molecule has 1 aliphatic carbocycles. The van der Waals surface area contributed by atoms with E-state index in [1.165, 1.54) is 48.7 Å². The van der Waals surface area contributed by atoms with E-state index in [-0.39, 0.29) is 0 Å². The highest BCUT2D eigenvalue weighted by Crippen LogP contribution is 2.35. The zero-order valence-corrected chi connectivity index (χ0v) is 18.0. The molecule has 0 radical (unpaired) electrons. The van der Waals surface area contributed by atoms with Gasteiger partial charge in [0.2, 0.25) is 6.79 Å². The zero-order valence-electron chi connectivity index (χ0n) is 18.0. The number of hydrogen-bond acceptors (Lipinski definition) is 5. The first-order chi connectivity index (χ1) is 15.4. The van der Waals surface area contributed by atoms with Crippen LogP contribution in [0.3, 0.4) is 0 Å². The van der Waals surface area contributed by atoms with Gasteiger partial charge in [0.15, 0.2) is 11.5 Å². The van der Waals surface area contributed by atoms with Crippen LogP contribution in [0.15, 0.2) is 48.7 Å². The molecule has 2 aliphatic rings. The topological polar surface area (TPSA) is 55.4 Å². The van der Waals surface area contributed by atoms with E-state index in [9.17, 15) is 0 Å². The van der Waals surface area contributed by atoms with Gasteiger partial charge < -0.3 is 20.1 Å². The van der Waals surface area contributed by atoms with E-state index in [1.54, 1.807) is 0 Å². The molecule has 1 fully saturated rings. The van der Waals surface area contributed by atoms with Gasteiger partial charge in [-0.15, -0.1) is 0 Å². The smallest absolute Gasteiger partial charge is 0.231 e. The minimum atomic E-state index is 0.318. The summed E-state index contributed by atoms with van der Waals surface area (Å²) in [5.41, 5.74) is 4.84. The first-order valence-corrected chi connectivity index (χ1v) is 11.6. The fourth-order valence-corrected chi connectivity index (χ4v) is 4.81. The minimum absolute atomic E-state index is 0.318. The van der Waals surface area contributed by atoms with Gasteiger partial charge in [-0.2, -0.15) is 0 Å². The summed E-state index contributed by atoms with van der Waals surface area (Å²) in [5.74, 6) is 2.59. The lowest BCUT2D eigenvalue weighted by Crippen LogP contribution is -2.18. The van der Waals surface area contributed by atoms with Crippen molar-refractivity contribution in [1.29, 1.82) is 0 Å². The summed E-state index contributed by atoms with van der Waals surface area (Å²) in [7, 11) is 0. The summed E-state index contributed by atoms with van der Waals surface area (Å²) >= 11 is 0. The molecule has 0 bridgehead atoms. The average molecular weight is 418 g/mol. The fourth-order valence-electron chi connectivity index (χ4n) is 4.81. The lowest BCUT2D eigenvalue weighted by molar-refractivity contribution is 0.173. The van der Waals surface area contributed by atoms with E-state index in [0.29, 0.717) is 6.79 Å². The third kappa shape index (κ3) is 4.77. The third-order valence-electron chi connectivity index (χ3n) is 6.45. The number of nitrogens with one attached hydrogen (secondary N) is 2. The van der Waals surface area contributed by atoms with Gasteiger partial charge in [-0.1, -0.05) is 49.9 Å². The van der Waals surface area contributed by atoms with Gasteiger partial charge in [0, 0.05) is 35.9 Å². The number of rotatable bonds is 9. The Hall–Kier alpha value is -2.79. The molecule has 0 unspecified atom stereocenters. The molecule has 1 aromatic heterocycles. The molecular formula is C26H31N3O2. The van der Waals surface area contributed by atoms with E-state index >= 15 is 0 Å². The molecule has 0 spiro atoms. The van der Waals surface area contributed by atoms with Crippen molar-refractivity contribution in [3.05, 3.63) is 59.8 Å². The number of benzene rings is 2. The highest BCUT2D eigenvalue weighted by Gasteiger charge is 2.17. The predicted octanol–water partition coefficient (Wildman–Crippen LogP) is 5.29. The Balaban J connectivity index is 1.11. The van der Waals surface area contributed by atoms with Crippen molar-refractivity contribution >= 4 is 16.6 Å². The fraction of sp³-hybridized carbons (Fsp3) is 0.423. The molecule has 2 aromatic carbocycles. The van der Waals surface area contributed by atoms with Gasteiger partial charge >= 0.3 is 0 Å². The second-order valence-corrected chi connectivity index (χ2v) is 8.67. The van der Waals surface area contributed by atoms with Crippen molar-refractivity contribution in [1.82, 2.24) is 10.3 Å². The first-order valence-electron chi connectivity index (χ1n) is 11.6. The minimum Gasteiger partial charge on any atom is -0.454 e. The van der Waals surface area contributed by atoms with Crippen LogP contribution in [0.25, 0.3) is 10.9 Å². The van der Waals surface area contributed by atoms with Crippen LogP contribution in [0, 0.1) is 5.92 Å². The second kappa shape index (κ2) is 9.56. The van der Waals surface area contributed by atoms with Crippen molar-refractivity contribution in [3.8, 4) is 11.5 Å². The predicted molar refractivity (Wildman–Crippen MR) is 125 cm³/mol. The number of fused-ring (bicyclic) bond motifs is 2. The van der Waals surface area contributed by atoms with E-state index in [4.69, 9.17) is 9.47 Å². The largest absolute Gasteiger partial charge is 0.454 e. The maximum Gasteiger partial charge on any atom is 0.231 e. The van der Waals surface area contributed by atoms with Crippen LogP contribution in [-0.4, -0.2) is 24.9 Å². The summed E-state index contributed by atoms with van der Waals surface area (Å²) in [6, 6.07) is 14.9. The van der Waals surface area contributed by atoms with Crippen molar-refractivity contribution in [2.45, 2.75) is 45.1 Å². The number of para-hydroxylation sites is 1. The van der Waals surface area contributed by atoms with Crippen LogP contribution in [0.2, 0.25) is 0 Å². The lowest BCUT2D eigenvalue weighted by Gasteiger charge is -2.13. The Morgan fingerprint density at radius 3 is 2.87 bits per heavy atom. The van der Waals surface area contributed by atoms with Crippen LogP contribution in [0.4, 0.5) is 5.69 Å². The molecule has 5 heteroatoms. The van der Waals surface area contributed by atoms with E-state index in [1.807, 2.05) is 18.3 Å². The maximum absolute atomic E-state index is 5.57. The van der Waals surface area contributed by atoms with Gasteiger partial charge in [-0.05, 0) is 49.1 Å². The van der Waals surface area contributed by atoms with Gasteiger partial charge in [-0.25, -0.2) is 0 Å². The summed E-state index contributed by atoms with van der Waals surface area (Å²) in [5, 5.41) is 8.32. The van der Waals surface area contributed by atoms with Crippen LogP contribution in [-0.2, 0) is 13.0 Å². The number of nitrogens with zero attached hydrogens (tertiary/aromatic N) is 1. The molecule has 5 rings (SSSR count). The molecule has 2 heterocycles. The average Bonchev–Trinajstić information content (AvgIpc) is 3.48. The lowest BCUT2D eigenvalue weighted by atomic mass is 9.97. The van der Waals surface area contributed by atoms with Gasteiger partial charge in [0.05, 0.1) is 5.52 Å². The zero-order chi connectivity index (χ0) is 20.9. The molecule has 3 aromatic rings. The second-order valence-electron chi connectivity index (χ2n) is 8.67. The number of anilines is 1. The molecule has 0 saturated heterocycles. The number of hydrogen-bond donors (Lipinski definition) is 2. The molecule has 1 aliphatic heterocycles. The van der Waals surface area contributed by atoms with Crippen molar-refractivity contribution in [2.75, 3.05) is 25.2 Å². The maximum atomic E-state index is 5.57. The Bertz CT molecular complexity index is 1030. The summed E-state index contributed by atoms with van der Waals surface area (Å²) < 4.78 is 11.0. The van der Waals surface area contributed by atoms with E-state index in [2.05, 4.69) is 45.9 Å². The standard InChI is InChI=1S/C26H31N3O2/c1-2-6-19(5-1)15-20-9-10-22-23(11-14-29-24(22)16-20)28-13-4-12-27-17-21-7-3-8-25-26(21)31-18-30-25/h3,7-11,14,16,19,27H,1-2,4-6,12-13,15,17-18H2,(H,28,29). The Morgan fingerprint density at radius 2 is 1.94 bits per heavy atom. The van der Waals surface area contributed by atoms with Crippen molar-refractivity contribution < 1.29 is 9.47 Å². The molecule has 1 saturated carbocycles. The number of pyridine rings is 1. The Kier molecular flexibility index (Phi) is 6.21. The number of aromatic nitrogens is 1. The first kappa shape index (κ1) is 20.1.